The van der Waals surface area contributed by atoms with E-state index in [1.54, 1.807) is 12.1 Å². The molecule has 1 rings (SSSR count). The van der Waals surface area contributed by atoms with Crippen molar-refractivity contribution in [3.8, 4) is 5.75 Å². The first-order valence-electron chi connectivity index (χ1n) is 18.3. The maximum absolute atomic E-state index is 12.3. The molecule has 0 spiro atoms. The molecule has 0 unspecified atom stereocenters. The number of hydrogen-bond donors (Lipinski definition) is 6. The van der Waals surface area contributed by atoms with E-state index in [-0.39, 0.29) is 101 Å². The van der Waals surface area contributed by atoms with E-state index in [2.05, 4.69) is 21.3 Å². The molecule has 18 heteroatoms. The zero-order valence-corrected chi connectivity index (χ0v) is 33.1. The van der Waals surface area contributed by atoms with Crippen LogP contribution in [-0.2, 0) is 42.9 Å². The Balaban J connectivity index is 1.95. The Bertz CT molecular complexity index is 1220. The third kappa shape index (κ3) is 27.9. The Kier molecular flexibility index (Phi) is 29.4. The first-order chi connectivity index (χ1) is 26.1. The topological polar surface area (TPSA) is 237 Å². The van der Waals surface area contributed by atoms with Crippen LogP contribution in [0.25, 0.3) is 0 Å². The summed E-state index contributed by atoms with van der Waals surface area (Å²) in [5.74, 6) is -2.72. The van der Waals surface area contributed by atoms with Crippen molar-refractivity contribution in [3.63, 3.8) is 0 Å². The molecule has 4 amide bonds. The summed E-state index contributed by atoms with van der Waals surface area (Å²) in [4.78, 5) is 70.0. The summed E-state index contributed by atoms with van der Waals surface area (Å²) in [6.45, 7) is 2.35. The average Bonchev–Trinajstić information content (AvgIpc) is 3.14. The number of halogens is 1. The molecule has 0 fully saturated rings. The van der Waals surface area contributed by atoms with Crippen molar-refractivity contribution in [1.29, 1.82) is 0 Å². The molecule has 0 aromatic heterocycles. The molecule has 0 aliphatic heterocycles. The molecule has 0 radical (unpaired) electrons. The molecule has 0 aliphatic carbocycles. The fourth-order valence-electron chi connectivity index (χ4n) is 4.69. The molecule has 54 heavy (non-hydrogen) atoms. The van der Waals surface area contributed by atoms with E-state index < -0.39 is 18.0 Å². The monoisotopic (exact) mass is 880 g/mol. The van der Waals surface area contributed by atoms with Gasteiger partial charge in [-0.25, -0.2) is 9.59 Å². The predicted octanol–water partition coefficient (Wildman–Crippen LogP) is 2.43. The second-order valence-corrected chi connectivity index (χ2v) is 12.8. The second-order valence-electron chi connectivity index (χ2n) is 12.0. The van der Waals surface area contributed by atoms with Crippen LogP contribution >= 0.6 is 22.6 Å². The number of aliphatic carboxylic acids is 1. The fourth-order valence-corrected chi connectivity index (χ4v) is 5.12. The number of ether oxygens (including phenoxy) is 5. The molecule has 1 aromatic carbocycles. The van der Waals surface area contributed by atoms with Gasteiger partial charge in [0.05, 0.1) is 56.4 Å². The highest BCUT2D eigenvalue weighted by Gasteiger charge is 2.20. The lowest BCUT2D eigenvalue weighted by atomic mass is 10.1. The number of carbonyl (C=O) groups is 6. The molecular formula is C36H57IN4O13. The van der Waals surface area contributed by atoms with E-state index in [0.717, 1.165) is 44.9 Å². The minimum Gasteiger partial charge on any atom is -0.494 e. The summed E-state index contributed by atoms with van der Waals surface area (Å²) < 4.78 is 27.2. The van der Waals surface area contributed by atoms with Crippen LogP contribution in [0, 0.1) is 0 Å². The van der Waals surface area contributed by atoms with Crippen LogP contribution in [0.3, 0.4) is 0 Å². The number of carbonyl (C=O) groups excluding carboxylic acids is 4. The fraction of sp³-hybridized carbons (Fsp3) is 0.667. The summed E-state index contributed by atoms with van der Waals surface area (Å²) in [7, 11) is 0. The number of alkyl halides is 1. The second kappa shape index (κ2) is 32.8. The van der Waals surface area contributed by atoms with Gasteiger partial charge in [-0.15, -0.1) is 0 Å². The van der Waals surface area contributed by atoms with Crippen LogP contribution in [-0.4, -0.2) is 129 Å². The summed E-state index contributed by atoms with van der Waals surface area (Å²) >= 11 is 2.02. The van der Waals surface area contributed by atoms with Gasteiger partial charge in [-0.05, 0) is 43.5 Å². The number of carboxylic acids is 2. The molecule has 0 saturated carbocycles. The normalized spacial score (nSPS) is 11.4. The van der Waals surface area contributed by atoms with Gasteiger partial charge in [0.15, 0.2) is 0 Å². The van der Waals surface area contributed by atoms with E-state index in [9.17, 15) is 33.9 Å². The minimum atomic E-state index is -1.20. The first kappa shape index (κ1) is 48.4. The maximum Gasteiger partial charge on any atom is 0.335 e. The Morgan fingerprint density at radius 2 is 1.09 bits per heavy atom. The van der Waals surface area contributed by atoms with E-state index in [4.69, 9.17) is 28.8 Å². The van der Waals surface area contributed by atoms with Gasteiger partial charge in [0.1, 0.15) is 25.0 Å². The number of rotatable bonds is 35. The van der Waals surface area contributed by atoms with Crippen LogP contribution in [0.5, 0.6) is 5.75 Å². The van der Waals surface area contributed by atoms with Crippen LogP contribution in [0.15, 0.2) is 24.3 Å². The smallest absolute Gasteiger partial charge is 0.335 e. The molecule has 0 heterocycles. The number of nitrogens with one attached hydrogen (secondary N) is 4. The third-order valence-electron chi connectivity index (χ3n) is 7.57. The number of benzene rings is 1. The zero-order valence-electron chi connectivity index (χ0n) is 30.9. The third-order valence-corrected chi connectivity index (χ3v) is 7.95. The molecule has 1 atom stereocenters. The highest BCUT2D eigenvalue weighted by atomic mass is 127. The van der Waals surface area contributed by atoms with Gasteiger partial charge in [-0.2, -0.15) is 0 Å². The van der Waals surface area contributed by atoms with Crippen LogP contribution < -0.4 is 26.0 Å². The molecule has 0 saturated heterocycles. The quantitative estimate of drug-likeness (QED) is 0.0249. The minimum absolute atomic E-state index is 0.0280. The van der Waals surface area contributed by atoms with Gasteiger partial charge in [0.2, 0.25) is 23.6 Å². The van der Waals surface area contributed by atoms with Crippen molar-refractivity contribution in [1.82, 2.24) is 21.3 Å². The van der Waals surface area contributed by atoms with Crippen molar-refractivity contribution in [3.05, 3.63) is 29.8 Å². The first-order valence-corrected chi connectivity index (χ1v) is 19.8. The van der Waals surface area contributed by atoms with Crippen LogP contribution in [0.1, 0.15) is 81.0 Å². The number of aromatic carboxylic acids is 1. The highest BCUT2D eigenvalue weighted by molar-refractivity contribution is 14.1. The molecule has 1 aromatic rings. The average molecular weight is 881 g/mol. The Morgan fingerprint density at radius 1 is 0.574 bits per heavy atom. The Labute approximate surface area is 330 Å². The maximum atomic E-state index is 12.3. The number of carboxylic acid groups (broad SMARTS) is 2. The zero-order chi connectivity index (χ0) is 39.7. The molecule has 0 bridgehead atoms. The van der Waals surface area contributed by atoms with Crippen molar-refractivity contribution < 1.29 is 62.7 Å². The number of unbranched alkanes of at least 4 members (excludes halogenated alkanes) is 7. The molecule has 6 N–H and O–H groups in total. The van der Waals surface area contributed by atoms with Crippen molar-refractivity contribution in [2.24, 2.45) is 0 Å². The molecule has 17 nitrogen and oxygen atoms in total. The summed E-state index contributed by atoms with van der Waals surface area (Å²) in [5, 5.41) is 28.8. The van der Waals surface area contributed by atoms with Gasteiger partial charge in [-0.3, -0.25) is 19.2 Å². The lowest BCUT2D eigenvalue weighted by Crippen LogP contribution is -2.41. The lowest BCUT2D eigenvalue weighted by Gasteiger charge is -2.14. The molecular weight excluding hydrogens is 823 g/mol. The molecule has 0 aliphatic rings. The van der Waals surface area contributed by atoms with Crippen LogP contribution in [0.2, 0.25) is 0 Å². The summed E-state index contributed by atoms with van der Waals surface area (Å²) in [6, 6.07) is 5.19. The molecule has 306 valence electrons. The number of amides is 4. The number of hydrogen-bond acceptors (Lipinski definition) is 11. The van der Waals surface area contributed by atoms with E-state index in [1.807, 2.05) is 22.6 Å². The Morgan fingerprint density at radius 3 is 1.65 bits per heavy atom. The standard InChI is InChI=1S/C36H57IN4O13/c37-27-40-34(45)26-53-24-22-51-20-17-39-33(44)25-52-23-21-50-19-16-38-31(42)15-14-30(36(48)49)41-32(43)9-7-5-3-1-2-4-6-8-18-54-29-12-10-28(11-13-29)35(46)47/h10-13,30H,1-9,14-27H2,(H,38,42)(H,39,44)(H,40,45)(H,41,43)(H,46,47)(H,48,49)/t30-/m0/s1. The van der Waals surface area contributed by atoms with E-state index in [1.165, 1.54) is 12.1 Å². The van der Waals surface area contributed by atoms with Gasteiger partial charge in [-0.1, -0.05) is 61.1 Å². The highest BCUT2D eigenvalue weighted by Crippen LogP contribution is 2.14. The van der Waals surface area contributed by atoms with E-state index >= 15 is 0 Å². The van der Waals surface area contributed by atoms with Crippen LogP contribution in [0.4, 0.5) is 0 Å². The van der Waals surface area contributed by atoms with Crippen molar-refractivity contribution >= 4 is 58.2 Å². The van der Waals surface area contributed by atoms with Gasteiger partial charge in [0, 0.05) is 25.9 Å². The Hall–Kier alpha value is -3.59. The lowest BCUT2D eigenvalue weighted by molar-refractivity contribution is -0.142. The van der Waals surface area contributed by atoms with Crippen molar-refractivity contribution in [2.45, 2.75) is 76.7 Å². The summed E-state index contributed by atoms with van der Waals surface area (Å²) in [5.41, 5.74) is 0.225. The summed E-state index contributed by atoms with van der Waals surface area (Å²) in [6.07, 6.45) is 7.74. The van der Waals surface area contributed by atoms with E-state index in [0.29, 0.717) is 36.5 Å². The van der Waals surface area contributed by atoms with Gasteiger partial charge < -0.3 is 55.2 Å². The largest absolute Gasteiger partial charge is 0.494 e. The van der Waals surface area contributed by atoms with Crippen molar-refractivity contribution in [2.75, 3.05) is 77.1 Å². The predicted molar refractivity (Wildman–Crippen MR) is 206 cm³/mol. The van der Waals surface area contributed by atoms with Gasteiger partial charge in [0.25, 0.3) is 0 Å². The SMILES string of the molecule is O=C(CC[C@H](NC(=O)CCCCCCCCCCOc1ccc(C(=O)O)cc1)C(=O)O)NCCOCCOCC(=O)NCCOCCOCC(=O)NCI. The van der Waals surface area contributed by atoms with Gasteiger partial charge >= 0.3 is 11.9 Å².